The van der Waals surface area contributed by atoms with E-state index < -0.39 is 10.4 Å². The zero-order valence-electron chi connectivity index (χ0n) is 16.2. The molecule has 148 valence electrons. The number of hydrogen-bond acceptors (Lipinski definition) is 7. The molecule has 1 unspecified atom stereocenters. The van der Waals surface area contributed by atoms with Crippen molar-refractivity contribution < 1.29 is 21.7 Å². The Morgan fingerprint density at radius 1 is 0.958 bits per heavy atom. The second-order valence-corrected chi connectivity index (χ2v) is 7.46. The van der Waals surface area contributed by atoms with Crippen molar-refractivity contribution >= 4 is 19.9 Å². The SMILES string of the molecule is CCCCOS(=O)(=O)O.CN(C)C(CCCOP)(N(C)C)N(C)C. The van der Waals surface area contributed by atoms with Gasteiger partial charge < -0.3 is 4.52 Å². The van der Waals surface area contributed by atoms with Crippen LogP contribution in [0.2, 0.25) is 0 Å². The summed E-state index contributed by atoms with van der Waals surface area (Å²) in [6, 6.07) is 0. The second-order valence-electron chi connectivity index (χ2n) is 6.04. The summed E-state index contributed by atoms with van der Waals surface area (Å²) < 4.78 is 36.7. The van der Waals surface area contributed by atoms with Crippen molar-refractivity contribution in [3.8, 4) is 0 Å². The monoisotopic (exact) mass is 389 g/mol. The first-order chi connectivity index (χ1) is 11.0. The predicted molar refractivity (Wildman–Crippen MR) is 101 cm³/mol. The Labute approximate surface area is 150 Å². The zero-order valence-corrected chi connectivity index (χ0v) is 18.1. The quantitative estimate of drug-likeness (QED) is 0.246. The summed E-state index contributed by atoms with van der Waals surface area (Å²) >= 11 is 0. The molecule has 0 spiro atoms. The van der Waals surface area contributed by atoms with E-state index in [0.717, 1.165) is 25.9 Å². The highest BCUT2D eigenvalue weighted by Crippen LogP contribution is 2.24. The van der Waals surface area contributed by atoms with Gasteiger partial charge in [-0.2, -0.15) is 8.42 Å². The molecule has 0 aliphatic rings. The van der Waals surface area contributed by atoms with Gasteiger partial charge in [0.05, 0.1) is 13.2 Å². The number of hydrogen-bond donors (Lipinski definition) is 1. The maximum atomic E-state index is 9.84. The van der Waals surface area contributed by atoms with Crippen LogP contribution in [0.3, 0.4) is 0 Å². The summed E-state index contributed by atoms with van der Waals surface area (Å²) in [5.41, 5.74) is 0. The molecule has 0 saturated heterocycles. The lowest BCUT2D eigenvalue weighted by Gasteiger charge is -2.50. The smallest absolute Gasteiger partial charge is 0.366 e. The molecule has 0 heterocycles. The fourth-order valence-corrected chi connectivity index (χ4v) is 3.07. The van der Waals surface area contributed by atoms with Gasteiger partial charge in [0, 0.05) is 9.47 Å². The summed E-state index contributed by atoms with van der Waals surface area (Å²) in [6.07, 6.45) is 3.57. The first-order valence-electron chi connectivity index (χ1n) is 7.91. The number of unbranched alkanes of at least 4 members (excludes halogenated alkanes) is 1. The number of nitrogens with zero attached hydrogens (tertiary/aromatic N) is 3. The summed E-state index contributed by atoms with van der Waals surface area (Å²) in [7, 11) is 10.8. The first-order valence-corrected chi connectivity index (χ1v) is 9.75. The fourth-order valence-electron chi connectivity index (χ4n) is 2.57. The van der Waals surface area contributed by atoms with E-state index in [4.69, 9.17) is 9.08 Å². The standard InChI is InChI=1S/C10H26N3OP.C4H10O4S/c1-11(2)10(12(3)4,13(5)6)8-7-9-14-15;1-2-3-4-8-9(5,6)7/h7-9,15H2,1-6H3;2-4H2,1H3,(H,5,6,7). The van der Waals surface area contributed by atoms with Gasteiger partial charge >= 0.3 is 10.4 Å². The molecule has 0 aromatic heterocycles. The van der Waals surface area contributed by atoms with Crippen LogP contribution in [0.5, 0.6) is 0 Å². The van der Waals surface area contributed by atoms with Gasteiger partial charge in [-0.15, -0.1) is 0 Å². The maximum absolute atomic E-state index is 9.84. The third-order valence-electron chi connectivity index (χ3n) is 3.65. The summed E-state index contributed by atoms with van der Waals surface area (Å²) in [6.45, 7) is 2.74. The number of rotatable bonds is 11. The van der Waals surface area contributed by atoms with Crippen molar-refractivity contribution in [1.29, 1.82) is 0 Å². The lowest BCUT2D eigenvalue weighted by atomic mass is 10.1. The molecule has 0 radical (unpaired) electrons. The molecule has 0 bridgehead atoms. The zero-order chi connectivity index (χ0) is 19.4. The van der Waals surface area contributed by atoms with Crippen LogP contribution in [0.1, 0.15) is 32.6 Å². The summed E-state index contributed by atoms with van der Waals surface area (Å²) in [5.74, 6) is -0.0385. The highest BCUT2D eigenvalue weighted by molar-refractivity contribution is 7.80. The molecule has 0 rings (SSSR count). The first kappa shape index (κ1) is 26.4. The van der Waals surface area contributed by atoms with Crippen molar-refractivity contribution in [2.45, 2.75) is 38.4 Å². The lowest BCUT2D eigenvalue weighted by Crippen LogP contribution is -2.64. The minimum Gasteiger partial charge on any atom is -0.366 e. The molecule has 1 atom stereocenters. The van der Waals surface area contributed by atoms with Crippen LogP contribution < -0.4 is 0 Å². The van der Waals surface area contributed by atoms with E-state index in [9.17, 15) is 8.42 Å². The van der Waals surface area contributed by atoms with E-state index in [1.807, 2.05) is 6.92 Å². The third-order valence-corrected chi connectivity index (χ3v) is 4.35. The molecule has 0 fully saturated rings. The van der Waals surface area contributed by atoms with Crippen LogP contribution in [0.15, 0.2) is 0 Å². The van der Waals surface area contributed by atoms with Crippen molar-refractivity contribution in [2.75, 3.05) is 55.5 Å². The normalized spacial score (nSPS) is 12.7. The van der Waals surface area contributed by atoms with E-state index in [0.29, 0.717) is 6.42 Å². The van der Waals surface area contributed by atoms with Crippen LogP contribution in [0, 0.1) is 0 Å². The van der Waals surface area contributed by atoms with Crippen molar-refractivity contribution in [3.63, 3.8) is 0 Å². The Hall–Kier alpha value is 0.140. The van der Waals surface area contributed by atoms with Gasteiger partial charge in [-0.3, -0.25) is 19.3 Å². The van der Waals surface area contributed by atoms with Gasteiger partial charge in [-0.05, 0) is 61.5 Å². The van der Waals surface area contributed by atoms with E-state index in [2.05, 4.69) is 70.6 Å². The Kier molecular flexibility index (Phi) is 14.7. The average molecular weight is 389 g/mol. The molecule has 0 aliphatic heterocycles. The molecule has 0 aliphatic carbocycles. The van der Waals surface area contributed by atoms with Gasteiger partial charge in [-0.1, -0.05) is 13.3 Å². The topological polar surface area (TPSA) is 82.5 Å². The van der Waals surface area contributed by atoms with Crippen molar-refractivity contribution in [3.05, 3.63) is 0 Å². The van der Waals surface area contributed by atoms with Crippen molar-refractivity contribution in [2.24, 2.45) is 0 Å². The van der Waals surface area contributed by atoms with Crippen LogP contribution >= 0.6 is 9.47 Å². The van der Waals surface area contributed by atoms with Gasteiger partial charge in [-0.25, -0.2) is 4.18 Å². The van der Waals surface area contributed by atoms with Crippen LogP contribution in [-0.2, 0) is 19.1 Å². The maximum Gasteiger partial charge on any atom is 0.397 e. The van der Waals surface area contributed by atoms with E-state index in [1.165, 1.54) is 0 Å². The highest BCUT2D eigenvalue weighted by atomic mass is 32.3. The average Bonchev–Trinajstić information content (AvgIpc) is 2.42. The second kappa shape index (κ2) is 13.4. The highest BCUT2D eigenvalue weighted by Gasteiger charge is 2.36. The molecule has 1 N–H and O–H groups in total. The van der Waals surface area contributed by atoms with Gasteiger partial charge in [0.1, 0.15) is 5.79 Å². The Morgan fingerprint density at radius 2 is 1.42 bits per heavy atom. The molecule has 0 aromatic carbocycles. The molecular weight excluding hydrogens is 353 g/mol. The fraction of sp³-hybridized carbons (Fsp3) is 1.00. The van der Waals surface area contributed by atoms with Crippen LogP contribution in [0.25, 0.3) is 0 Å². The molecule has 24 heavy (non-hydrogen) atoms. The van der Waals surface area contributed by atoms with Gasteiger partial charge in [0.15, 0.2) is 0 Å². The molecule has 0 saturated carbocycles. The lowest BCUT2D eigenvalue weighted by molar-refractivity contribution is -0.116. The van der Waals surface area contributed by atoms with Gasteiger partial charge in [0.2, 0.25) is 0 Å². The van der Waals surface area contributed by atoms with E-state index in [1.54, 1.807) is 0 Å². The molecule has 10 heteroatoms. The summed E-state index contributed by atoms with van der Waals surface area (Å²) in [4.78, 5) is 6.74. The minimum absolute atomic E-state index is 0.0385. The van der Waals surface area contributed by atoms with Crippen molar-refractivity contribution in [1.82, 2.24) is 14.7 Å². The molecular formula is C14H36N3O5PS. The van der Waals surface area contributed by atoms with Crippen LogP contribution in [-0.4, -0.2) is 89.0 Å². The predicted octanol–water partition coefficient (Wildman–Crippen LogP) is 1.52. The van der Waals surface area contributed by atoms with Gasteiger partial charge in [0.25, 0.3) is 0 Å². The van der Waals surface area contributed by atoms with E-state index >= 15 is 0 Å². The Morgan fingerprint density at radius 3 is 1.71 bits per heavy atom. The van der Waals surface area contributed by atoms with Crippen LogP contribution in [0.4, 0.5) is 0 Å². The van der Waals surface area contributed by atoms with E-state index in [-0.39, 0.29) is 12.4 Å². The largest absolute Gasteiger partial charge is 0.397 e. The minimum atomic E-state index is -4.20. The Bertz CT molecular complexity index is 383. The summed E-state index contributed by atoms with van der Waals surface area (Å²) in [5, 5.41) is 0. The molecule has 0 amide bonds. The molecule has 0 aromatic rings. The molecule has 8 nitrogen and oxygen atoms in total. The third kappa shape index (κ3) is 10.9. The Balaban J connectivity index is 0.